The number of rotatable bonds is 3. The van der Waals surface area contributed by atoms with Crippen molar-refractivity contribution in [1.29, 1.82) is 0 Å². The van der Waals surface area contributed by atoms with Gasteiger partial charge in [0.1, 0.15) is 0 Å². The number of hydrogen-bond acceptors (Lipinski definition) is 0. The molecule has 0 aromatic heterocycles. The van der Waals surface area contributed by atoms with Crippen molar-refractivity contribution in [1.82, 2.24) is 0 Å². The molecule has 0 aliphatic heterocycles. The van der Waals surface area contributed by atoms with E-state index >= 15 is 0 Å². The third-order valence-corrected chi connectivity index (χ3v) is 11.6. The SMILES string of the molecule is CC(C)(C)c1cc(-c2ccc(C34CC5CC(CC(C5)C3)C4)cc2)cc(-c2ccc3c(c2)C(C)(C)c2ccccc2-3)c1. The van der Waals surface area contributed by atoms with Crippen molar-refractivity contribution in [2.45, 2.75) is 89.4 Å². The largest absolute Gasteiger partial charge is 0.0619 e. The Hall–Kier alpha value is -3.12. The quantitative estimate of drug-likeness (QED) is 0.244. The zero-order chi connectivity index (χ0) is 28.1. The molecule has 0 amide bonds. The summed E-state index contributed by atoms with van der Waals surface area (Å²) in [5.74, 6) is 2.95. The van der Waals surface area contributed by atoms with Gasteiger partial charge in [-0.25, -0.2) is 0 Å². The lowest BCUT2D eigenvalue weighted by molar-refractivity contribution is -0.00518. The first kappa shape index (κ1) is 25.6. The Morgan fingerprint density at radius 3 is 1.76 bits per heavy atom. The molecule has 4 bridgehead atoms. The summed E-state index contributed by atoms with van der Waals surface area (Å²) in [4.78, 5) is 0. The molecule has 5 aliphatic carbocycles. The zero-order valence-corrected chi connectivity index (χ0v) is 25.6. The van der Waals surface area contributed by atoms with E-state index in [1.54, 1.807) is 5.56 Å². The maximum absolute atomic E-state index is 2.50. The molecule has 41 heavy (non-hydrogen) atoms. The van der Waals surface area contributed by atoms with E-state index in [-0.39, 0.29) is 10.8 Å². The summed E-state index contributed by atoms with van der Waals surface area (Å²) in [5, 5.41) is 0. The molecule has 0 heterocycles. The molecule has 4 fully saturated rings. The van der Waals surface area contributed by atoms with E-state index in [0.717, 1.165) is 17.8 Å². The van der Waals surface area contributed by atoms with Gasteiger partial charge in [0.05, 0.1) is 0 Å². The molecule has 0 N–H and O–H groups in total. The smallest absolute Gasteiger partial charge is 0.0159 e. The first-order valence-electron chi connectivity index (χ1n) is 16.1. The van der Waals surface area contributed by atoms with Crippen LogP contribution in [-0.4, -0.2) is 0 Å². The first-order chi connectivity index (χ1) is 19.6. The molecule has 208 valence electrons. The highest BCUT2D eigenvalue weighted by atomic mass is 14.6. The van der Waals surface area contributed by atoms with E-state index < -0.39 is 0 Å². The van der Waals surface area contributed by atoms with Crippen LogP contribution in [0, 0.1) is 17.8 Å². The third-order valence-electron chi connectivity index (χ3n) is 11.6. The number of fused-ring (bicyclic) bond motifs is 3. The lowest BCUT2D eigenvalue weighted by Gasteiger charge is -2.57. The second-order valence-corrected chi connectivity index (χ2v) is 15.8. The van der Waals surface area contributed by atoms with Gasteiger partial charge < -0.3 is 0 Å². The summed E-state index contributed by atoms with van der Waals surface area (Å²) in [5.41, 5.74) is 14.6. The molecular weight excluding hydrogens is 492 g/mol. The van der Waals surface area contributed by atoms with Crippen LogP contribution in [-0.2, 0) is 16.2 Å². The molecule has 4 aromatic rings. The standard InChI is InChI=1S/C41H44/c1-39(2,3)34-20-31(29-10-13-33(14-11-29)41-23-26-16-27(24-41)18-28(17-26)25-41)19-32(21-34)30-12-15-36-35-8-6-7-9-37(35)40(4,5)38(36)22-30/h6-15,19-22,26-28H,16-18,23-25H2,1-5H3. The van der Waals surface area contributed by atoms with Gasteiger partial charge >= 0.3 is 0 Å². The van der Waals surface area contributed by atoms with Crippen LogP contribution in [0.5, 0.6) is 0 Å². The summed E-state index contributed by atoms with van der Waals surface area (Å²) in [6.45, 7) is 11.8. The Morgan fingerprint density at radius 2 is 1.12 bits per heavy atom. The number of benzene rings is 4. The fourth-order valence-corrected chi connectivity index (χ4v) is 9.76. The Balaban J connectivity index is 1.18. The molecule has 4 saturated carbocycles. The van der Waals surface area contributed by atoms with Gasteiger partial charge in [0.15, 0.2) is 0 Å². The van der Waals surface area contributed by atoms with Gasteiger partial charge in [-0.2, -0.15) is 0 Å². The highest BCUT2D eigenvalue weighted by Gasteiger charge is 2.51. The predicted molar refractivity (Wildman–Crippen MR) is 173 cm³/mol. The molecule has 9 rings (SSSR count). The third kappa shape index (κ3) is 4.00. The lowest BCUT2D eigenvalue weighted by Crippen LogP contribution is -2.48. The maximum atomic E-state index is 2.50. The molecule has 0 saturated heterocycles. The van der Waals surface area contributed by atoms with Crippen molar-refractivity contribution in [3.63, 3.8) is 0 Å². The van der Waals surface area contributed by atoms with Crippen molar-refractivity contribution < 1.29 is 0 Å². The summed E-state index contributed by atoms with van der Waals surface area (Å²) < 4.78 is 0. The zero-order valence-electron chi connectivity index (χ0n) is 25.6. The van der Waals surface area contributed by atoms with Crippen LogP contribution in [0.2, 0.25) is 0 Å². The monoisotopic (exact) mass is 536 g/mol. The summed E-state index contributed by atoms with van der Waals surface area (Å²) in [6, 6.07) is 33.3. The van der Waals surface area contributed by atoms with Crippen LogP contribution in [0.15, 0.2) is 84.9 Å². The average molecular weight is 537 g/mol. The molecule has 0 heteroatoms. The van der Waals surface area contributed by atoms with Crippen molar-refractivity contribution in [2.75, 3.05) is 0 Å². The van der Waals surface area contributed by atoms with Gasteiger partial charge in [-0.15, -0.1) is 0 Å². The number of hydrogen-bond donors (Lipinski definition) is 0. The fraction of sp³-hybridized carbons (Fsp3) is 0.415. The summed E-state index contributed by atoms with van der Waals surface area (Å²) in [7, 11) is 0. The minimum absolute atomic E-state index is 0.0134. The highest BCUT2D eigenvalue weighted by Crippen LogP contribution is 2.60. The molecule has 0 unspecified atom stereocenters. The van der Waals surface area contributed by atoms with Crippen molar-refractivity contribution >= 4 is 0 Å². The van der Waals surface area contributed by atoms with Crippen molar-refractivity contribution in [2.24, 2.45) is 17.8 Å². The van der Waals surface area contributed by atoms with E-state index in [2.05, 4.69) is 120 Å². The molecule has 0 atom stereocenters. The molecule has 5 aliphatic rings. The van der Waals surface area contributed by atoms with E-state index in [1.807, 2.05) is 0 Å². The lowest BCUT2D eigenvalue weighted by atomic mass is 9.48. The molecule has 4 aromatic carbocycles. The Kier molecular flexibility index (Phi) is 5.43. The van der Waals surface area contributed by atoms with Gasteiger partial charge in [-0.3, -0.25) is 0 Å². The van der Waals surface area contributed by atoms with Crippen LogP contribution in [0.25, 0.3) is 33.4 Å². The molecule has 0 nitrogen and oxygen atoms in total. The van der Waals surface area contributed by atoms with Crippen LogP contribution in [0.4, 0.5) is 0 Å². The predicted octanol–water partition coefficient (Wildman–Crippen LogP) is 11.1. The topological polar surface area (TPSA) is 0 Å². The Morgan fingerprint density at radius 1 is 0.561 bits per heavy atom. The van der Waals surface area contributed by atoms with Crippen LogP contribution >= 0.6 is 0 Å². The minimum Gasteiger partial charge on any atom is -0.0619 e. The summed E-state index contributed by atoms with van der Waals surface area (Å²) >= 11 is 0. The van der Waals surface area contributed by atoms with Gasteiger partial charge in [-0.05, 0) is 135 Å². The normalized spacial score (nSPS) is 27.1. The fourth-order valence-electron chi connectivity index (χ4n) is 9.76. The van der Waals surface area contributed by atoms with Crippen LogP contribution in [0.3, 0.4) is 0 Å². The van der Waals surface area contributed by atoms with Gasteiger partial charge in [0.25, 0.3) is 0 Å². The van der Waals surface area contributed by atoms with Crippen molar-refractivity contribution in [3.05, 3.63) is 107 Å². The highest BCUT2D eigenvalue weighted by molar-refractivity contribution is 5.84. The average Bonchev–Trinajstić information content (AvgIpc) is 3.18. The molecule has 0 radical (unpaired) electrons. The van der Waals surface area contributed by atoms with E-state index in [0.29, 0.717) is 5.41 Å². The summed E-state index contributed by atoms with van der Waals surface area (Å²) in [6.07, 6.45) is 8.81. The first-order valence-corrected chi connectivity index (χ1v) is 16.1. The minimum atomic E-state index is 0.0134. The van der Waals surface area contributed by atoms with Crippen LogP contribution in [0.1, 0.15) is 95.4 Å². The van der Waals surface area contributed by atoms with E-state index in [1.165, 1.54) is 88.6 Å². The molecule has 0 spiro atoms. The Bertz CT molecular complexity index is 1620. The van der Waals surface area contributed by atoms with Gasteiger partial charge in [0.2, 0.25) is 0 Å². The van der Waals surface area contributed by atoms with Crippen LogP contribution < -0.4 is 0 Å². The second kappa shape index (κ2) is 8.70. The second-order valence-electron chi connectivity index (χ2n) is 15.8. The molecular formula is C41H44. The van der Waals surface area contributed by atoms with Gasteiger partial charge in [-0.1, -0.05) is 107 Å². The van der Waals surface area contributed by atoms with Crippen molar-refractivity contribution in [3.8, 4) is 33.4 Å². The van der Waals surface area contributed by atoms with E-state index in [9.17, 15) is 0 Å². The Labute approximate surface area is 247 Å². The van der Waals surface area contributed by atoms with Gasteiger partial charge in [0, 0.05) is 5.41 Å². The van der Waals surface area contributed by atoms with E-state index in [4.69, 9.17) is 0 Å². The maximum Gasteiger partial charge on any atom is 0.0159 e.